The molecule has 0 aliphatic rings. The molecule has 2 aromatic rings. The predicted molar refractivity (Wildman–Crippen MR) is 85.6 cm³/mol. The van der Waals surface area contributed by atoms with Crippen molar-refractivity contribution >= 4 is 25.3 Å². The number of thiol groups is 2. The molecule has 18 heavy (non-hydrogen) atoms. The van der Waals surface area contributed by atoms with Crippen molar-refractivity contribution in [3.63, 3.8) is 0 Å². The van der Waals surface area contributed by atoms with E-state index in [0.29, 0.717) is 10.5 Å². The molecule has 0 saturated heterocycles. The molecule has 0 fully saturated rings. The molecule has 2 unspecified atom stereocenters. The lowest BCUT2D eigenvalue weighted by molar-refractivity contribution is 0.717. The molecule has 0 aromatic heterocycles. The fraction of sp³-hybridized carbons (Fsp3) is 0.250. The molecule has 0 N–H and O–H groups in total. The van der Waals surface area contributed by atoms with Gasteiger partial charge in [-0.3, -0.25) is 0 Å². The standard InChI is InChI=1S/C16H18S2/c17-15(13-7-3-1-4-8-13)11-12-16(18)14-9-5-2-6-10-14/h1-10,15-18H,11-12H2. The summed E-state index contributed by atoms with van der Waals surface area (Å²) in [6.45, 7) is 0. The van der Waals surface area contributed by atoms with Crippen LogP contribution in [0, 0.1) is 0 Å². The second kappa shape index (κ2) is 6.91. The fourth-order valence-electron chi connectivity index (χ4n) is 2.00. The Morgan fingerprint density at radius 2 is 0.944 bits per heavy atom. The van der Waals surface area contributed by atoms with Crippen molar-refractivity contribution < 1.29 is 0 Å². The van der Waals surface area contributed by atoms with Crippen molar-refractivity contribution in [2.45, 2.75) is 23.3 Å². The van der Waals surface area contributed by atoms with E-state index in [0.717, 1.165) is 12.8 Å². The van der Waals surface area contributed by atoms with Gasteiger partial charge in [-0.05, 0) is 24.0 Å². The molecule has 94 valence electrons. The maximum Gasteiger partial charge on any atom is 0.0267 e. The fourth-order valence-corrected chi connectivity index (χ4v) is 2.64. The lowest BCUT2D eigenvalue weighted by Crippen LogP contribution is -1.95. The van der Waals surface area contributed by atoms with E-state index in [2.05, 4.69) is 73.8 Å². The van der Waals surface area contributed by atoms with Crippen molar-refractivity contribution in [3.05, 3.63) is 71.8 Å². The third kappa shape index (κ3) is 3.82. The van der Waals surface area contributed by atoms with Gasteiger partial charge in [0.1, 0.15) is 0 Å². The molecule has 0 aliphatic carbocycles. The van der Waals surface area contributed by atoms with Crippen molar-refractivity contribution in [1.82, 2.24) is 0 Å². The van der Waals surface area contributed by atoms with Gasteiger partial charge in [0.2, 0.25) is 0 Å². The molecule has 0 radical (unpaired) electrons. The van der Waals surface area contributed by atoms with Crippen LogP contribution < -0.4 is 0 Å². The summed E-state index contributed by atoms with van der Waals surface area (Å²) in [7, 11) is 0. The normalized spacial score (nSPS) is 14.1. The van der Waals surface area contributed by atoms with Gasteiger partial charge in [0.05, 0.1) is 0 Å². The highest BCUT2D eigenvalue weighted by Crippen LogP contribution is 2.31. The first-order valence-corrected chi connectivity index (χ1v) is 7.26. The smallest absolute Gasteiger partial charge is 0.0267 e. The van der Waals surface area contributed by atoms with Crippen LogP contribution >= 0.6 is 25.3 Å². The SMILES string of the molecule is SC(CCC(S)c1ccccc1)c1ccccc1. The predicted octanol–water partition coefficient (Wildman–Crippen LogP) is 5.11. The summed E-state index contributed by atoms with van der Waals surface area (Å²) < 4.78 is 0. The first-order chi connectivity index (χ1) is 8.77. The van der Waals surface area contributed by atoms with Gasteiger partial charge < -0.3 is 0 Å². The highest BCUT2D eigenvalue weighted by atomic mass is 32.1. The van der Waals surface area contributed by atoms with E-state index >= 15 is 0 Å². The first-order valence-electron chi connectivity index (χ1n) is 6.23. The largest absolute Gasteiger partial charge is 0.171 e. The topological polar surface area (TPSA) is 0 Å². The summed E-state index contributed by atoms with van der Waals surface area (Å²) in [6.07, 6.45) is 2.08. The van der Waals surface area contributed by atoms with Crippen LogP contribution in [0.1, 0.15) is 34.5 Å². The van der Waals surface area contributed by atoms with Gasteiger partial charge in [-0.1, -0.05) is 60.7 Å². The maximum absolute atomic E-state index is 4.67. The van der Waals surface area contributed by atoms with Crippen LogP contribution in [0.2, 0.25) is 0 Å². The van der Waals surface area contributed by atoms with Gasteiger partial charge in [0.15, 0.2) is 0 Å². The number of rotatable bonds is 5. The Balaban J connectivity index is 1.89. The van der Waals surface area contributed by atoms with Gasteiger partial charge in [-0.15, -0.1) is 0 Å². The van der Waals surface area contributed by atoms with Gasteiger partial charge in [0, 0.05) is 10.5 Å². The summed E-state index contributed by atoms with van der Waals surface area (Å²) >= 11 is 9.35. The van der Waals surface area contributed by atoms with E-state index in [1.165, 1.54) is 11.1 Å². The average molecular weight is 274 g/mol. The Hall–Kier alpha value is -0.860. The Morgan fingerprint density at radius 3 is 1.28 bits per heavy atom. The molecule has 2 heteroatoms. The zero-order valence-corrected chi connectivity index (χ0v) is 12.0. The number of hydrogen-bond acceptors (Lipinski definition) is 2. The Morgan fingerprint density at radius 1 is 0.611 bits per heavy atom. The van der Waals surface area contributed by atoms with Crippen molar-refractivity contribution in [1.29, 1.82) is 0 Å². The molecule has 0 heterocycles. The van der Waals surface area contributed by atoms with Gasteiger partial charge in [0.25, 0.3) is 0 Å². The monoisotopic (exact) mass is 274 g/mol. The van der Waals surface area contributed by atoms with E-state index in [1.807, 2.05) is 12.1 Å². The molecule has 0 bridgehead atoms. The van der Waals surface area contributed by atoms with Crippen LogP contribution in [0.3, 0.4) is 0 Å². The highest BCUT2D eigenvalue weighted by molar-refractivity contribution is 7.80. The van der Waals surface area contributed by atoms with Gasteiger partial charge >= 0.3 is 0 Å². The van der Waals surface area contributed by atoms with Crippen LogP contribution in [0.25, 0.3) is 0 Å². The summed E-state index contributed by atoms with van der Waals surface area (Å²) in [4.78, 5) is 0. The quantitative estimate of drug-likeness (QED) is 0.696. The van der Waals surface area contributed by atoms with Crippen LogP contribution in [0.5, 0.6) is 0 Å². The van der Waals surface area contributed by atoms with Crippen LogP contribution in [0.15, 0.2) is 60.7 Å². The lowest BCUT2D eigenvalue weighted by atomic mass is 10.0. The van der Waals surface area contributed by atoms with E-state index in [1.54, 1.807) is 0 Å². The van der Waals surface area contributed by atoms with Crippen LogP contribution in [-0.4, -0.2) is 0 Å². The van der Waals surface area contributed by atoms with E-state index in [4.69, 9.17) is 0 Å². The Kier molecular flexibility index (Phi) is 5.21. The van der Waals surface area contributed by atoms with Crippen molar-refractivity contribution in [2.75, 3.05) is 0 Å². The molecular weight excluding hydrogens is 256 g/mol. The van der Waals surface area contributed by atoms with Crippen molar-refractivity contribution in [2.24, 2.45) is 0 Å². The third-order valence-corrected chi connectivity index (χ3v) is 4.19. The molecule has 2 aromatic carbocycles. The van der Waals surface area contributed by atoms with E-state index in [-0.39, 0.29) is 0 Å². The molecule has 0 aliphatic heterocycles. The minimum atomic E-state index is 0.296. The van der Waals surface area contributed by atoms with Crippen molar-refractivity contribution in [3.8, 4) is 0 Å². The first kappa shape index (κ1) is 13.6. The third-order valence-electron chi connectivity index (χ3n) is 3.08. The van der Waals surface area contributed by atoms with Crippen LogP contribution in [0.4, 0.5) is 0 Å². The summed E-state index contributed by atoms with van der Waals surface area (Å²) in [5.41, 5.74) is 2.57. The maximum atomic E-state index is 4.67. The Bertz CT molecular complexity index is 408. The van der Waals surface area contributed by atoms with E-state index in [9.17, 15) is 0 Å². The molecule has 0 amide bonds. The highest BCUT2D eigenvalue weighted by Gasteiger charge is 2.10. The minimum absolute atomic E-state index is 0.296. The zero-order chi connectivity index (χ0) is 12.8. The summed E-state index contributed by atoms with van der Waals surface area (Å²) in [5, 5.41) is 0.592. The Labute approximate surface area is 120 Å². The molecule has 2 atom stereocenters. The summed E-state index contributed by atoms with van der Waals surface area (Å²) in [6, 6.07) is 20.9. The molecule has 2 rings (SSSR count). The van der Waals surface area contributed by atoms with E-state index < -0.39 is 0 Å². The second-order valence-electron chi connectivity index (χ2n) is 4.43. The van der Waals surface area contributed by atoms with Crippen LogP contribution in [-0.2, 0) is 0 Å². The summed E-state index contributed by atoms with van der Waals surface area (Å²) in [5.74, 6) is 0. The second-order valence-corrected chi connectivity index (χ2v) is 5.68. The molecular formula is C16H18S2. The minimum Gasteiger partial charge on any atom is -0.171 e. The van der Waals surface area contributed by atoms with Gasteiger partial charge in [-0.2, -0.15) is 25.3 Å². The average Bonchev–Trinajstić information content (AvgIpc) is 2.46. The number of hydrogen-bond donors (Lipinski definition) is 2. The number of benzene rings is 2. The lowest BCUT2D eigenvalue weighted by Gasteiger charge is -2.15. The molecule has 0 saturated carbocycles. The zero-order valence-electron chi connectivity index (χ0n) is 10.2. The molecule has 0 nitrogen and oxygen atoms in total. The van der Waals surface area contributed by atoms with Gasteiger partial charge in [-0.25, -0.2) is 0 Å². The molecule has 0 spiro atoms.